The van der Waals surface area contributed by atoms with E-state index in [-0.39, 0.29) is 0 Å². The average Bonchev–Trinajstić information content (AvgIpc) is 2.49. The third-order valence-corrected chi connectivity index (χ3v) is 3.89. The minimum Gasteiger partial charge on any atom is -0.397 e. The minimum absolute atomic E-state index is 0.376. The second-order valence-corrected chi connectivity index (χ2v) is 5.27. The molecule has 3 N–H and O–H groups in total. The van der Waals surface area contributed by atoms with Gasteiger partial charge in [-0.1, -0.05) is 24.3 Å². The van der Waals surface area contributed by atoms with Gasteiger partial charge < -0.3 is 11.1 Å². The number of aryl methyl sites for hydroxylation is 1. The lowest BCUT2D eigenvalue weighted by molar-refractivity contribution is 0.611. The van der Waals surface area contributed by atoms with Gasteiger partial charge in [-0.2, -0.15) is 5.26 Å². The molecule has 1 atom stereocenters. The Morgan fingerprint density at radius 3 is 2.75 bits per heavy atom. The predicted octanol–water partition coefficient (Wildman–Crippen LogP) is 3.11. The van der Waals surface area contributed by atoms with Crippen LogP contribution in [-0.2, 0) is 12.8 Å². The van der Waals surface area contributed by atoms with Gasteiger partial charge in [-0.15, -0.1) is 0 Å². The van der Waals surface area contributed by atoms with Crippen molar-refractivity contribution in [2.75, 3.05) is 11.1 Å². The lowest BCUT2D eigenvalue weighted by Gasteiger charge is -2.27. The Morgan fingerprint density at radius 2 is 1.95 bits per heavy atom. The second kappa shape index (κ2) is 5.26. The third kappa shape index (κ3) is 2.46. The van der Waals surface area contributed by atoms with E-state index in [1.807, 2.05) is 6.07 Å². The predicted molar refractivity (Wildman–Crippen MR) is 81.4 cm³/mol. The summed E-state index contributed by atoms with van der Waals surface area (Å²) in [5.41, 5.74) is 11.0. The van der Waals surface area contributed by atoms with Gasteiger partial charge in [-0.3, -0.25) is 0 Å². The Kier molecular flexibility index (Phi) is 3.30. The van der Waals surface area contributed by atoms with Crippen LogP contribution in [0.3, 0.4) is 0 Å². The highest BCUT2D eigenvalue weighted by Crippen LogP contribution is 2.26. The van der Waals surface area contributed by atoms with Crippen LogP contribution >= 0.6 is 0 Å². The molecule has 3 heteroatoms. The van der Waals surface area contributed by atoms with E-state index in [9.17, 15) is 0 Å². The van der Waals surface area contributed by atoms with Crippen LogP contribution in [0, 0.1) is 11.3 Å². The molecule has 0 radical (unpaired) electrons. The van der Waals surface area contributed by atoms with Gasteiger partial charge >= 0.3 is 0 Å². The van der Waals surface area contributed by atoms with Crippen molar-refractivity contribution < 1.29 is 0 Å². The van der Waals surface area contributed by atoms with Crippen LogP contribution in [-0.4, -0.2) is 6.04 Å². The fraction of sp³-hybridized carbons (Fsp3) is 0.235. The van der Waals surface area contributed by atoms with Gasteiger partial charge in [-0.25, -0.2) is 0 Å². The van der Waals surface area contributed by atoms with Crippen LogP contribution in [0.15, 0.2) is 42.5 Å². The topological polar surface area (TPSA) is 61.8 Å². The Balaban J connectivity index is 1.79. The second-order valence-electron chi connectivity index (χ2n) is 5.27. The lowest BCUT2D eigenvalue weighted by atomic mass is 9.88. The maximum atomic E-state index is 8.97. The van der Waals surface area contributed by atoms with Crippen LogP contribution in [0.4, 0.5) is 11.4 Å². The quantitative estimate of drug-likeness (QED) is 0.818. The Labute approximate surface area is 119 Å². The molecule has 0 amide bonds. The highest BCUT2D eigenvalue weighted by atomic mass is 14.9. The maximum absolute atomic E-state index is 8.97. The summed E-state index contributed by atoms with van der Waals surface area (Å²) in [5.74, 6) is 0. The van der Waals surface area contributed by atoms with E-state index in [1.54, 1.807) is 12.1 Å². The van der Waals surface area contributed by atoms with Crippen LogP contribution in [0.25, 0.3) is 0 Å². The molecule has 20 heavy (non-hydrogen) atoms. The molecule has 1 aliphatic rings. The molecule has 0 fully saturated rings. The van der Waals surface area contributed by atoms with Gasteiger partial charge in [0.25, 0.3) is 0 Å². The number of nitriles is 1. The first-order valence-corrected chi connectivity index (χ1v) is 6.89. The Bertz CT molecular complexity index is 670. The monoisotopic (exact) mass is 263 g/mol. The zero-order valence-corrected chi connectivity index (χ0v) is 11.3. The first-order chi connectivity index (χ1) is 9.76. The number of anilines is 2. The molecular formula is C17H17N3. The van der Waals surface area contributed by atoms with E-state index in [0.717, 1.165) is 24.9 Å². The summed E-state index contributed by atoms with van der Waals surface area (Å²) in [6, 6.07) is 16.5. The fourth-order valence-electron chi connectivity index (χ4n) is 2.79. The Morgan fingerprint density at radius 1 is 1.15 bits per heavy atom. The molecule has 0 aliphatic heterocycles. The van der Waals surface area contributed by atoms with Crippen molar-refractivity contribution in [1.29, 1.82) is 5.26 Å². The van der Waals surface area contributed by atoms with E-state index in [4.69, 9.17) is 11.0 Å². The molecule has 1 aliphatic carbocycles. The number of hydrogen-bond acceptors (Lipinski definition) is 3. The summed E-state index contributed by atoms with van der Waals surface area (Å²) in [5, 5.41) is 12.5. The molecule has 3 nitrogen and oxygen atoms in total. The van der Waals surface area contributed by atoms with E-state index in [1.165, 1.54) is 11.1 Å². The Hall–Kier alpha value is -2.47. The van der Waals surface area contributed by atoms with Gasteiger partial charge in [0, 0.05) is 6.04 Å². The van der Waals surface area contributed by atoms with Gasteiger partial charge in [-0.05, 0) is 48.6 Å². The van der Waals surface area contributed by atoms with E-state index < -0.39 is 0 Å². The zero-order valence-electron chi connectivity index (χ0n) is 11.3. The summed E-state index contributed by atoms with van der Waals surface area (Å²) >= 11 is 0. The number of rotatable bonds is 2. The first kappa shape index (κ1) is 12.6. The van der Waals surface area contributed by atoms with E-state index in [0.29, 0.717) is 17.3 Å². The number of hydrogen-bond donors (Lipinski definition) is 2. The van der Waals surface area contributed by atoms with Crippen molar-refractivity contribution in [3.63, 3.8) is 0 Å². The molecule has 2 aromatic rings. The third-order valence-electron chi connectivity index (χ3n) is 3.89. The standard InChI is InChI=1S/C17H17N3/c18-11-12-5-8-16(19)17(9-12)20-15-7-6-13-3-1-2-4-14(13)10-15/h1-5,8-9,15,20H,6-7,10,19H2. The van der Waals surface area contributed by atoms with Gasteiger partial charge in [0.05, 0.1) is 23.0 Å². The summed E-state index contributed by atoms with van der Waals surface area (Å²) in [6.45, 7) is 0. The molecule has 2 aromatic carbocycles. The molecule has 3 rings (SSSR count). The maximum Gasteiger partial charge on any atom is 0.0992 e. The molecule has 100 valence electrons. The summed E-state index contributed by atoms with van der Waals surface area (Å²) in [6.07, 6.45) is 3.19. The summed E-state index contributed by atoms with van der Waals surface area (Å²) < 4.78 is 0. The normalized spacial score (nSPS) is 17.1. The van der Waals surface area contributed by atoms with Gasteiger partial charge in [0.15, 0.2) is 0 Å². The first-order valence-electron chi connectivity index (χ1n) is 6.89. The van der Waals surface area contributed by atoms with Gasteiger partial charge in [0.1, 0.15) is 0 Å². The van der Waals surface area contributed by atoms with Gasteiger partial charge in [0.2, 0.25) is 0 Å². The highest BCUT2D eigenvalue weighted by Gasteiger charge is 2.18. The van der Waals surface area contributed by atoms with Crippen molar-refractivity contribution in [3.8, 4) is 6.07 Å². The highest BCUT2D eigenvalue weighted by molar-refractivity contribution is 5.68. The molecule has 0 spiro atoms. The number of nitrogen functional groups attached to an aromatic ring is 1. The molecule has 0 aromatic heterocycles. The molecule has 0 saturated carbocycles. The van der Waals surface area contributed by atoms with Crippen molar-refractivity contribution in [2.24, 2.45) is 0 Å². The number of fused-ring (bicyclic) bond motifs is 1. The molecule has 1 unspecified atom stereocenters. The largest absolute Gasteiger partial charge is 0.397 e. The van der Waals surface area contributed by atoms with E-state index >= 15 is 0 Å². The minimum atomic E-state index is 0.376. The van der Waals surface area contributed by atoms with Crippen molar-refractivity contribution in [1.82, 2.24) is 0 Å². The zero-order chi connectivity index (χ0) is 13.9. The average molecular weight is 263 g/mol. The van der Waals surface area contributed by atoms with Crippen LogP contribution in [0.2, 0.25) is 0 Å². The number of nitrogens with zero attached hydrogens (tertiary/aromatic N) is 1. The lowest BCUT2D eigenvalue weighted by Crippen LogP contribution is -2.27. The molecule has 0 bridgehead atoms. The fourth-order valence-corrected chi connectivity index (χ4v) is 2.79. The van der Waals surface area contributed by atoms with Crippen LogP contribution in [0.1, 0.15) is 23.1 Å². The number of nitrogens with two attached hydrogens (primary N) is 1. The molecular weight excluding hydrogens is 246 g/mol. The van der Waals surface area contributed by atoms with Crippen molar-refractivity contribution in [2.45, 2.75) is 25.3 Å². The molecule has 0 saturated heterocycles. The summed E-state index contributed by atoms with van der Waals surface area (Å²) in [7, 11) is 0. The van der Waals surface area contributed by atoms with Crippen LogP contribution in [0.5, 0.6) is 0 Å². The van der Waals surface area contributed by atoms with E-state index in [2.05, 4.69) is 35.7 Å². The van der Waals surface area contributed by atoms with Crippen molar-refractivity contribution in [3.05, 3.63) is 59.2 Å². The number of benzene rings is 2. The number of nitrogens with one attached hydrogen (secondary N) is 1. The van der Waals surface area contributed by atoms with Crippen molar-refractivity contribution >= 4 is 11.4 Å². The smallest absolute Gasteiger partial charge is 0.0992 e. The van der Waals surface area contributed by atoms with Crippen LogP contribution < -0.4 is 11.1 Å². The SMILES string of the molecule is N#Cc1ccc(N)c(NC2CCc3ccccc3C2)c1. The summed E-state index contributed by atoms with van der Waals surface area (Å²) in [4.78, 5) is 0. The molecule has 0 heterocycles.